The summed E-state index contributed by atoms with van der Waals surface area (Å²) in [6, 6.07) is 0.497. The Morgan fingerprint density at radius 3 is 2.26 bits per heavy atom. The predicted octanol–water partition coefficient (Wildman–Crippen LogP) is 1.17. The van der Waals surface area contributed by atoms with Crippen LogP contribution in [-0.4, -0.2) is 84.6 Å². The number of carbonyl (C=O) groups excluding carboxylic acids is 4. The van der Waals surface area contributed by atoms with Gasteiger partial charge in [-0.15, -0.1) is 0 Å². The number of carbonyl (C=O) groups is 4. The van der Waals surface area contributed by atoms with Crippen LogP contribution in [0.4, 0.5) is 0 Å². The highest BCUT2D eigenvalue weighted by Gasteiger charge is 2.32. The SMILES string of the molecule is CN(C)C1CN(C(=O)CCCCCNC(=O)C2CCC(CN3C(=O)C=CC3=O)CC2)C1. The molecule has 31 heavy (non-hydrogen) atoms. The van der Waals surface area contributed by atoms with Crippen molar-refractivity contribution < 1.29 is 19.2 Å². The molecule has 1 aliphatic carbocycles. The second kappa shape index (κ2) is 10.9. The van der Waals surface area contributed by atoms with Crippen LogP contribution in [0.2, 0.25) is 0 Å². The third kappa shape index (κ3) is 6.38. The zero-order chi connectivity index (χ0) is 22.4. The molecule has 3 rings (SSSR count). The molecular formula is C23H36N4O4. The van der Waals surface area contributed by atoms with Gasteiger partial charge in [-0.2, -0.15) is 0 Å². The van der Waals surface area contributed by atoms with Crippen molar-refractivity contribution in [1.82, 2.24) is 20.0 Å². The minimum Gasteiger partial charge on any atom is -0.356 e. The van der Waals surface area contributed by atoms with Gasteiger partial charge in [-0.3, -0.25) is 24.1 Å². The molecule has 2 fully saturated rings. The van der Waals surface area contributed by atoms with E-state index in [1.54, 1.807) is 0 Å². The standard InChI is InChI=1S/C23H36N4O4/c1-25(2)19-15-26(16-19)20(28)6-4-3-5-13-24-23(31)18-9-7-17(8-10-18)14-27-21(29)11-12-22(27)30/h11-12,17-19H,3-10,13-16H2,1-2H3,(H,24,31). The summed E-state index contributed by atoms with van der Waals surface area (Å²) in [7, 11) is 4.09. The topological polar surface area (TPSA) is 90.0 Å². The maximum absolute atomic E-state index is 12.4. The van der Waals surface area contributed by atoms with Gasteiger partial charge in [-0.1, -0.05) is 6.42 Å². The number of nitrogens with zero attached hydrogens (tertiary/aromatic N) is 3. The first kappa shape index (κ1) is 23.4. The van der Waals surface area contributed by atoms with E-state index in [1.807, 2.05) is 19.0 Å². The number of likely N-dealkylation sites (tertiary alicyclic amines) is 1. The van der Waals surface area contributed by atoms with Gasteiger partial charge in [0.1, 0.15) is 0 Å². The van der Waals surface area contributed by atoms with Crippen molar-refractivity contribution >= 4 is 23.6 Å². The number of rotatable bonds is 10. The molecule has 172 valence electrons. The molecule has 0 spiro atoms. The Labute approximate surface area is 185 Å². The minimum absolute atomic E-state index is 0.0250. The summed E-state index contributed by atoms with van der Waals surface area (Å²) in [5.74, 6) is 0.209. The molecule has 1 saturated heterocycles. The first-order valence-corrected chi connectivity index (χ1v) is 11.6. The quantitative estimate of drug-likeness (QED) is 0.413. The van der Waals surface area contributed by atoms with Gasteiger partial charge in [-0.05, 0) is 58.5 Å². The van der Waals surface area contributed by atoms with E-state index in [2.05, 4.69) is 10.2 Å². The molecule has 1 saturated carbocycles. The lowest BCUT2D eigenvalue weighted by atomic mass is 9.81. The van der Waals surface area contributed by atoms with E-state index >= 15 is 0 Å². The second-order valence-electron chi connectivity index (χ2n) is 9.36. The van der Waals surface area contributed by atoms with Crippen LogP contribution in [0.5, 0.6) is 0 Å². The molecule has 0 atom stereocenters. The third-order valence-electron chi connectivity index (χ3n) is 6.87. The Kier molecular flexibility index (Phi) is 8.23. The summed E-state index contributed by atoms with van der Waals surface area (Å²) in [6.07, 6.45) is 9.27. The van der Waals surface area contributed by atoms with Crippen molar-refractivity contribution in [3.8, 4) is 0 Å². The van der Waals surface area contributed by atoms with Crippen LogP contribution < -0.4 is 5.32 Å². The molecule has 3 aliphatic rings. The van der Waals surface area contributed by atoms with Crippen LogP contribution in [0.1, 0.15) is 51.4 Å². The van der Waals surface area contributed by atoms with Crippen molar-refractivity contribution in [1.29, 1.82) is 0 Å². The number of nitrogens with one attached hydrogen (secondary N) is 1. The lowest BCUT2D eigenvalue weighted by molar-refractivity contribution is -0.139. The maximum atomic E-state index is 12.4. The normalized spacial score (nSPS) is 24.1. The summed E-state index contributed by atoms with van der Waals surface area (Å²) < 4.78 is 0. The number of imide groups is 1. The van der Waals surface area contributed by atoms with Crippen molar-refractivity contribution in [2.45, 2.75) is 57.4 Å². The molecule has 4 amide bonds. The van der Waals surface area contributed by atoms with Crippen LogP contribution >= 0.6 is 0 Å². The van der Waals surface area contributed by atoms with Gasteiger partial charge < -0.3 is 15.1 Å². The fraction of sp³-hybridized carbons (Fsp3) is 0.739. The molecule has 2 heterocycles. The monoisotopic (exact) mass is 432 g/mol. The Morgan fingerprint density at radius 1 is 1.00 bits per heavy atom. The number of likely N-dealkylation sites (N-methyl/N-ethyl adjacent to an activating group) is 1. The molecule has 0 radical (unpaired) electrons. The van der Waals surface area contributed by atoms with E-state index < -0.39 is 0 Å². The first-order chi connectivity index (χ1) is 14.8. The van der Waals surface area contributed by atoms with Crippen LogP contribution in [0.3, 0.4) is 0 Å². The predicted molar refractivity (Wildman–Crippen MR) is 117 cm³/mol. The zero-order valence-electron chi connectivity index (χ0n) is 18.8. The average molecular weight is 433 g/mol. The molecule has 0 aromatic carbocycles. The summed E-state index contributed by atoms with van der Waals surface area (Å²) >= 11 is 0. The molecule has 0 bridgehead atoms. The van der Waals surface area contributed by atoms with Crippen LogP contribution in [0, 0.1) is 11.8 Å². The average Bonchev–Trinajstić information content (AvgIpc) is 3.01. The van der Waals surface area contributed by atoms with Gasteiger partial charge in [0, 0.05) is 56.7 Å². The Balaban J connectivity index is 1.21. The van der Waals surface area contributed by atoms with Gasteiger partial charge in [0.2, 0.25) is 11.8 Å². The molecule has 8 heteroatoms. The summed E-state index contributed by atoms with van der Waals surface area (Å²) in [4.78, 5) is 53.3. The van der Waals surface area contributed by atoms with E-state index in [4.69, 9.17) is 0 Å². The highest BCUT2D eigenvalue weighted by Crippen LogP contribution is 2.30. The molecule has 8 nitrogen and oxygen atoms in total. The van der Waals surface area contributed by atoms with E-state index in [0.717, 1.165) is 58.0 Å². The van der Waals surface area contributed by atoms with Crippen molar-refractivity contribution in [2.75, 3.05) is 40.3 Å². The Morgan fingerprint density at radius 2 is 1.65 bits per heavy atom. The lowest BCUT2D eigenvalue weighted by Crippen LogP contribution is -2.59. The van der Waals surface area contributed by atoms with Gasteiger partial charge in [-0.25, -0.2) is 0 Å². The van der Waals surface area contributed by atoms with Crippen LogP contribution in [0.25, 0.3) is 0 Å². The molecule has 1 N–H and O–H groups in total. The highest BCUT2D eigenvalue weighted by atomic mass is 16.2. The zero-order valence-corrected chi connectivity index (χ0v) is 18.8. The summed E-state index contributed by atoms with van der Waals surface area (Å²) in [6.45, 7) is 2.80. The van der Waals surface area contributed by atoms with Crippen molar-refractivity contribution in [3.05, 3.63) is 12.2 Å². The smallest absolute Gasteiger partial charge is 0.253 e. The van der Waals surface area contributed by atoms with E-state index in [0.29, 0.717) is 25.6 Å². The molecule has 0 unspecified atom stereocenters. The highest BCUT2D eigenvalue weighted by molar-refractivity contribution is 6.12. The maximum Gasteiger partial charge on any atom is 0.253 e. The fourth-order valence-electron chi connectivity index (χ4n) is 4.55. The number of amides is 4. The minimum atomic E-state index is -0.228. The van der Waals surface area contributed by atoms with E-state index in [-0.39, 0.29) is 35.5 Å². The molecule has 0 aromatic rings. The van der Waals surface area contributed by atoms with Gasteiger partial charge in [0.15, 0.2) is 0 Å². The molecule has 2 aliphatic heterocycles. The van der Waals surface area contributed by atoms with E-state index in [1.165, 1.54) is 17.1 Å². The molecular weight excluding hydrogens is 396 g/mol. The van der Waals surface area contributed by atoms with Gasteiger partial charge in [0.05, 0.1) is 0 Å². The Hall–Kier alpha value is -2.22. The number of hydrogen-bond donors (Lipinski definition) is 1. The largest absolute Gasteiger partial charge is 0.356 e. The fourth-order valence-corrected chi connectivity index (χ4v) is 4.55. The number of unbranched alkanes of at least 4 members (excludes halogenated alkanes) is 2. The molecule has 0 aromatic heterocycles. The van der Waals surface area contributed by atoms with Gasteiger partial charge >= 0.3 is 0 Å². The second-order valence-corrected chi connectivity index (χ2v) is 9.36. The van der Waals surface area contributed by atoms with Crippen molar-refractivity contribution in [3.63, 3.8) is 0 Å². The third-order valence-corrected chi connectivity index (χ3v) is 6.87. The van der Waals surface area contributed by atoms with Crippen LogP contribution in [-0.2, 0) is 19.2 Å². The van der Waals surface area contributed by atoms with E-state index in [9.17, 15) is 19.2 Å². The summed E-state index contributed by atoms with van der Waals surface area (Å²) in [5, 5.41) is 3.04. The van der Waals surface area contributed by atoms with Crippen molar-refractivity contribution in [2.24, 2.45) is 11.8 Å². The summed E-state index contributed by atoms with van der Waals surface area (Å²) in [5.41, 5.74) is 0. The van der Waals surface area contributed by atoms with Gasteiger partial charge in [0.25, 0.3) is 11.8 Å². The lowest BCUT2D eigenvalue weighted by Gasteiger charge is -2.42. The van der Waals surface area contributed by atoms with Crippen LogP contribution in [0.15, 0.2) is 12.2 Å². The first-order valence-electron chi connectivity index (χ1n) is 11.6. The Bertz CT molecular complexity index is 688. The number of hydrogen-bond acceptors (Lipinski definition) is 5.